The Bertz CT molecular complexity index is 1030. The highest BCUT2D eigenvalue weighted by molar-refractivity contribution is 7.80. The molecule has 1 aliphatic carbocycles. The smallest absolute Gasteiger partial charge is 0.411 e. The molecule has 7 nitrogen and oxygen atoms in total. The first-order chi connectivity index (χ1) is 19.7. The molecule has 8 heteroatoms. The zero-order valence-corrected chi connectivity index (χ0v) is 26.1. The maximum atomic E-state index is 13.7. The van der Waals surface area contributed by atoms with Crippen molar-refractivity contribution < 1.29 is 14.3 Å². The molecule has 1 saturated carbocycles. The number of nitrogens with zero attached hydrogens (tertiary/aromatic N) is 2. The summed E-state index contributed by atoms with van der Waals surface area (Å²) in [6.45, 7) is 8.92. The largest absolute Gasteiger partial charge is 0.444 e. The minimum Gasteiger partial charge on any atom is -0.444 e. The molecule has 2 amide bonds. The molecule has 0 spiro atoms. The van der Waals surface area contributed by atoms with Crippen LogP contribution in [0.25, 0.3) is 0 Å². The highest BCUT2D eigenvalue weighted by atomic mass is 32.1. The predicted molar refractivity (Wildman–Crippen MR) is 169 cm³/mol. The number of hydrogen-bond donors (Lipinski definition) is 2. The lowest BCUT2D eigenvalue weighted by molar-refractivity contribution is -0.126. The Morgan fingerprint density at radius 2 is 1.73 bits per heavy atom. The van der Waals surface area contributed by atoms with Gasteiger partial charge in [0.1, 0.15) is 11.6 Å². The number of amides is 2. The fourth-order valence-corrected chi connectivity index (χ4v) is 6.58. The van der Waals surface area contributed by atoms with Gasteiger partial charge in [-0.25, -0.2) is 4.79 Å². The van der Waals surface area contributed by atoms with Gasteiger partial charge in [-0.3, -0.25) is 14.6 Å². The number of likely N-dealkylation sites (tertiary alicyclic amines) is 1. The van der Waals surface area contributed by atoms with Gasteiger partial charge in [0.05, 0.1) is 11.0 Å². The number of piperidine rings is 1. The first-order valence-corrected chi connectivity index (χ1v) is 16.1. The number of ether oxygens (including phenoxy) is 1. The van der Waals surface area contributed by atoms with Crippen LogP contribution in [-0.2, 0) is 16.1 Å². The molecular formula is C33H50N4O3S. The summed E-state index contributed by atoms with van der Waals surface area (Å²) in [7, 11) is 0. The quantitative estimate of drug-likeness (QED) is 0.276. The summed E-state index contributed by atoms with van der Waals surface area (Å²) < 4.78 is 5.61. The molecule has 0 aromatic heterocycles. The molecule has 2 N–H and O–H groups in total. The second-order valence-corrected chi connectivity index (χ2v) is 13.5. The number of carbonyl (C=O) groups is 2. The first kappa shape index (κ1) is 31.5. The lowest BCUT2D eigenvalue weighted by atomic mass is 9.85. The maximum Gasteiger partial charge on any atom is 0.411 e. The van der Waals surface area contributed by atoms with Crippen molar-refractivity contribution in [2.45, 2.75) is 115 Å². The standard InChI is InChI=1S/C33H50N4O3S/c1-33(2,3)40-32(39)37-21-11-10-16-29(37)30(38)35-28(18-17-25-12-6-4-7-13-25)31(41)34-27-19-22-36(23-20-27)24-26-14-8-5-9-15-26/h5,8-11,14-15,25,27-29H,4,6-7,12-13,16-24H2,1-3H3,(H,34,41)(H,35,38)/t28-,29+/m1/s1. The topological polar surface area (TPSA) is 73.9 Å². The molecular weight excluding hydrogens is 532 g/mol. The van der Waals surface area contributed by atoms with Crippen LogP contribution in [0.2, 0.25) is 0 Å². The van der Waals surface area contributed by atoms with E-state index in [1.165, 1.54) is 42.6 Å². The van der Waals surface area contributed by atoms with Gasteiger partial charge in [-0.15, -0.1) is 0 Å². The first-order valence-electron chi connectivity index (χ1n) is 15.7. The van der Waals surface area contributed by atoms with Crippen LogP contribution in [0, 0.1) is 5.92 Å². The highest BCUT2D eigenvalue weighted by Crippen LogP contribution is 2.28. The van der Waals surface area contributed by atoms with Gasteiger partial charge < -0.3 is 15.4 Å². The number of nitrogens with one attached hydrogen (secondary N) is 2. The van der Waals surface area contributed by atoms with E-state index in [-0.39, 0.29) is 11.9 Å². The van der Waals surface area contributed by atoms with Gasteiger partial charge in [-0.05, 0) is 64.4 Å². The molecule has 0 unspecified atom stereocenters. The van der Waals surface area contributed by atoms with E-state index in [0.29, 0.717) is 24.9 Å². The average molecular weight is 583 g/mol. The molecule has 2 atom stereocenters. The van der Waals surface area contributed by atoms with Crippen molar-refractivity contribution in [3.63, 3.8) is 0 Å². The van der Waals surface area contributed by atoms with Crippen molar-refractivity contribution in [2.75, 3.05) is 19.6 Å². The molecule has 0 radical (unpaired) electrons. The Hall–Kier alpha value is -2.45. The Balaban J connectivity index is 1.36. The van der Waals surface area contributed by atoms with E-state index in [0.717, 1.165) is 50.3 Å². The predicted octanol–water partition coefficient (Wildman–Crippen LogP) is 5.98. The summed E-state index contributed by atoms with van der Waals surface area (Å²) in [6, 6.07) is 10.1. The zero-order valence-electron chi connectivity index (χ0n) is 25.3. The van der Waals surface area contributed by atoms with Crippen molar-refractivity contribution in [1.82, 2.24) is 20.4 Å². The van der Waals surface area contributed by atoms with Gasteiger partial charge in [0, 0.05) is 32.2 Å². The number of thiocarbonyl (C=S) groups is 1. The molecule has 1 aromatic carbocycles. The molecule has 41 heavy (non-hydrogen) atoms. The number of benzene rings is 1. The van der Waals surface area contributed by atoms with Crippen LogP contribution in [0.1, 0.15) is 90.5 Å². The van der Waals surface area contributed by atoms with E-state index in [1.54, 1.807) is 0 Å². The van der Waals surface area contributed by atoms with Crippen LogP contribution in [-0.4, -0.2) is 70.1 Å². The summed E-state index contributed by atoms with van der Waals surface area (Å²) in [5.74, 6) is 0.540. The van der Waals surface area contributed by atoms with Crippen molar-refractivity contribution in [3.05, 3.63) is 48.0 Å². The number of carbonyl (C=O) groups excluding carboxylic acids is 2. The molecule has 0 bridgehead atoms. The molecule has 2 heterocycles. The molecule has 2 fully saturated rings. The Morgan fingerprint density at radius 1 is 1.02 bits per heavy atom. The van der Waals surface area contributed by atoms with Crippen LogP contribution in [0.5, 0.6) is 0 Å². The van der Waals surface area contributed by atoms with Crippen LogP contribution in [0.4, 0.5) is 4.79 Å². The fourth-order valence-electron chi connectivity index (χ4n) is 6.23. The second kappa shape index (κ2) is 15.1. The molecule has 4 rings (SSSR count). The Labute approximate surface area is 252 Å². The average Bonchev–Trinajstić information content (AvgIpc) is 2.96. The van der Waals surface area contributed by atoms with Crippen molar-refractivity contribution >= 4 is 29.2 Å². The van der Waals surface area contributed by atoms with Crippen molar-refractivity contribution in [1.29, 1.82) is 0 Å². The lowest BCUT2D eigenvalue weighted by Gasteiger charge is -2.36. The minimum absolute atomic E-state index is 0.157. The van der Waals surface area contributed by atoms with E-state index < -0.39 is 17.7 Å². The third kappa shape index (κ3) is 10.1. The minimum atomic E-state index is -0.621. The zero-order chi connectivity index (χ0) is 29.2. The SMILES string of the molecule is CC(C)(C)OC(=O)N1CC=CC[C@H]1C(=O)N[C@H](CCC1CCCCC1)C(=S)NC1CCN(Cc2ccccc2)CC1. The molecule has 2 aliphatic heterocycles. The Morgan fingerprint density at radius 3 is 2.41 bits per heavy atom. The highest BCUT2D eigenvalue weighted by Gasteiger charge is 2.35. The second-order valence-electron chi connectivity index (χ2n) is 13.0. The third-order valence-electron chi connectivity index (χ3n) is 8.54. The van der Waals surface area contributed by atoms with E-state index in [1.807, 2.05) is 32.9 Å². The fraction of sp³-hybridized carbons (Fsp3) is 0.667. The summed E-state index contributed by atoms with van der Waals surface area (Å²) in [4.78, 5) is 31.4. The lowest BCUT2D eigenvalue weighted by Crippen LogP contribution is -2.57. The van der Waals surface area contributed by atoms with Crippen molar-refractivity contribution in [2.24, 2.45) is 5.92 Å². The van der Waals surface area contributed by atoms with Gasteiger partial charge in [0.15, 0.2) is 0 Å². The third-order valence-corrected chi connectivity index (χ3v) is 8.94. The molecule has 1 saturated heterocycles. The normalized spacial score (nSPS) is 21.7. The van der Waals surface area contributed by atoms with Crippen LogP contribution in [0.15, 0.2) is 42.5 Å². The van der Waals surface area contributed by atoms with Gasteiger partial charge in [-0.2, -0.15) is 0 Å². The summed E-state index contributed by atoms with van der Waals surface area (Å²) in [6.07, 6.45) is 14.3. The summed E-state index contributed by atoms with van der Waals surface area (Å²) >= 11 is 5.97. The Kier molecular flexibility index (Phi) is 11.6. The van der Waals surface area contributed by atoms with E-state index in [2.05, 4.69) is 45.9 Å². The van der Waals surface area contributed by atoms with E-state index >= 15 is 0 Å². The summed E-state index contributed by atoms with van der Waals surface area (Å²) in [5, 5.41) is 6.90. The summed E-state index contributed by atoms with van der Waals surface area (Å²) in [5.41, 5.74) is 0.724. The van der Waals surface area contributed by atoms with Gasteiger partial charge in [-0.1, -0.05) is 86.8 Å². The van der Waals surface area contributed by atoms with Crippen molar-refractivity contribution in [3.8, 4) is 0 Å². The van der Waals surface area contributed by atoms with Gasteiger partial charge in [0.25, 0.3) is 0 Å². The van der Waals surface area contributed by atoms with Crippen LogP contribution >= 0.6 is 12.2 Å². The molecule has 226 valence electrons. The van der Waals surface area contributed by atoms with Gasteiger partial charge >= 0.3 is 6.09 Å². The molecule has 1 aromatic rings. The van der Waals surface area contributed by atoms with E-state index in [9.17, 15) is 9.59 Å². The van der Waals surface area contributed by atoms with Gasteiger partial charge in [0.2, 0.25) is 5.91 Å². The number of rotatable bonds is 9. The van der Waals surface area contributed by atoms with Crippen LogP contribution in [0.3, 0.4) is 0 Å². The maximum absolute atomic E-state index is 13.7. The monoisotopic (exact) mass is 582 g/mol. The number of hydrogen-bond acceptors (Lipinski definition) is 5. The molecule has 3 aliphatic rings. The van der Waals surface area contributed by atoms with Crippen LogP contribution < -0.4 is 10.6 Å². The van der Waals surface area contributed by atoms with E-state index in [4.69, 9.17) is 17.0 Å².